The summed E-state index contributed by atoms with van der Waals surface area (Å²) in [6.45, 7) is 1.05. The lowest BCUT2D eigenvalue weighted by Gasteiger charge is -2.29. The molecular formula is C29H27F7N2O4. The summed E-state index contributed by atoms with van der Waals surface area (Å²) in [6, 6.07) is 9.24. The average Bonchev–Trinajstić information content (AvgIpc) is 3.59. The monoisotopic (exact) mass is 600 g/mol. The minimum absolute atomic E-state index is 0.0391. The van der Waals surface area contributed by atoms with E-state index in [0.717, 1.165) is 4.90 Å². The van der Waals surface area contributed by atoms with E-state index >= 15 is 0 Å². The fourth-order valence-electron chi connectivity index (χ4n) is 4.58. The largest absolute Gasteiger partial charge is 0.464 e. The summed E-state index contributed by atoms with van der Waals surface area (Å²) in [4.78, 5) is 29.3. The number of furan rings is 1. The van der Waals surface area contributed by atoms with Gasteiger partial charge >= 0.3 is 12.4 Å². The first-order valence-corrected chi connectivity index (χ1v) is 13.0. The molecule has 1 fully saturated rings. The third-order valence-electron chi connectivity index (χ3n) is 6.68. The molecule has 0 aliphatic carbocycles. The maximum atomic E-state index is 13.6. The maximum Gasteiger partial charge on any atom is 0.416 e. The van der Waals surface area contributed by atoms with Crippen LogP contribution in [0.2, 0.25) is 0 Å². The third kappa shape index (κ3) is 8.11. The molecule has 0 saturated carbocycles. The molecule has 1 saturated heterocycles. The molecule has 2 heterocycles. The summed E-state index contributed by atoms with van der Waals surface area (Å²) < 4.78 is 105. The maximum absolute atomic E-state index is 13.6. The summed E-state index contributed by atoms with van der Waals surface area (Å²) in [5.41, 5.74) is -3.61. The molecule has 1 aromatic heterocycles. The minimum atomic E-state index is -5.15. The first-order valence-electron chi connectivity index (χ1n) is 13.0. The number of carbonyl (C=O) groups excluding carboxylic acids is 2. The van der Waals surface area contributed by atoms with Gasteiger partial charge in [0.2, 0.25) is 5.91 Å². The Bertz CT molecular complexity index is 1360. The molecule has 1 atom stereocenters. The highest BCUT2D eigenvalue weighted by molar-refractivity contribution is 5.97. The Labute approximate surface area is 236 Å². The molecule has 1 unspecified atom stereocenters. The predicted octanol–water partition coefficient (Wildman–Crippen LogP) is 6.61. The lowest BCUT2D eigenvalue weighted by molar-refractivity contribution is -0.143. The zero-order chi connectivity index (χ0) is 30.7. The van der Waals surface area contributed by atoms with Gasteiger partial charge in [0.25, 0.3) is 5.91 Å². The van der Waals surface area contributed by atoms with Crippen LogP contribution in [-0.4, -0.2) is 47.4 Å². The highest BCUT2D eigenvalue weighted by Crippen LogP contribution is 2.36. The van der Waals surface area contributed by atoms with Gasteiger partial charge in [-0.25, -0.2) is 4.39 Å². The Balaban J connectivity index is 1.66. The Morgan fingerprint density at radius 2 is 1.52 bits per heavy atom. The first kappa shape index (κ1) is 31.1. The van der Waals surface area contributed by atoms with Crippen LogP contribution < -0.4 is 0 Å². The van der Waals surface area contributed by atoms with Gasteiger partial charge in [-0.15, -0.1) is 0 Å². The number of aryl methyl sites for hydroxylation is 1. The molecule has 0 radical (unpaired) electrons. The van der Waals surface area contributed by atoms with Gasteiger partial charge in [0.1, 0.15) is 23.9 Å². The highest BCUT2D eigenvalue weighted by Gasteiger charge is 2.38. The van der Waals surface area contributed by atoms with Crippen molar-refractivity contribution in [2.45, 2.75) is 51.3 Å². The fourth-order valence-corrected chi connectivity index (χ4v) is 4.58. The molecule has 4 rings (SSSR count). The molecular weight excluding hydrogens is 573 g/mol. The topological polar surface area (TPSA) is 63.0 Å². The van der Waals surface area contributed by atoms with E-state index in [9.17, 15) is 40.3 Å². The zero-order valence-electron chi connectivity index (χ0n) is 22.4. The third-order valence-corrected chi connectivity index (χ3v) is 6.68. The van der Waals surface area contributed by atoms with Gasteiger partial charge in [-0.1, -0.05) is 12.1 Å². The number of nitrogens with zero attached hydrogens (tertiary/aromatic N) is 2. The number of alkyl halides is 6. The van der Waals surface area contributed by atoms with Crippen LogP contribution in [0.1, 0.15) is 51.4 Å². The molecule has 13 heteroatoms. The zero-order valence-corrected chi connectivity index (χ0v) is 22.4. The van der Waals surface area contributed by atoms with E-state index in [1.807, 2.05) is 0 Å². The molecule has 0 N–H and O–H groups in total. The number of hydrogen-bond donors (Lipinski definition) is 0. The summed E-state index contributed by atoms with van der Waals surface area (Å²) in [5, 5.41) is 0. The number of amides is 2. The molecule has 42 heavy (non-hydrogen) atoms. The lowest BCUT2D eigenvalue weighted by atomic mass is 10.0. The Kier molecular flexibility index (Phi) is 9.29. The van der Waals surface area contributed by atoms with Gasteiger partial charge in [-0.3, -0.25) is 9.59 Å². The highest BCUT2D eigenvalue weighted by atomic mass is 19.4. The normalized spacial score (nSPS) is 15.6. The first-order chi connectivity index (χ1) is 19.7. The summed E-state index contributed by atoms with van der Waals surface area (Å²) >= 11 is 0. The number of carbonyl (C=O) groups is 2. The molecule has 226 valence electrons. The van der Waals surface area contributed by atoms with Crippen LogP contribution in [0, 0.1) is 12.7 Å². The predicted molar refractivity (Wildman–Crippen MR) is 135 cm³/mol. The van der Waals surface area contributed by atoms with Crippen molar-refractivity contribution in [3.8, 4) is 0 Å². The van der Waals surface area contributed by atoms with Crippen molar-refractivity contribution in [1.29, 1.82) is 0 Å². The second-order valence-corrected chi connectivity index (χ2v) is 10.0. The van der Waals surface area contributed by atoms with Crippen LogP contribution in [0.15, 0.2) is 59.0 Å². The smallest absolute Gasteiger partial charge is 0.416 e. The van der Waals surface area contributed by atoms with Crippen LogP contribution in [0.5, 0.6) is 0 Å². The number of rotatable bonds is 9. The second-order valence-electron chi connectivity index (χ2n) is 10.0. The van der Waals surface area contributed by atoms with Crippen molar-refractivity contribution >= 4 is 11.8 Å². The SMILES string of the molecule is Cc1ccc(CN(Cc2ccc(F)cc2)C(=O)CN(CC2CCCO2)C(=O)c2cc(C(F)(F)F)cc(C(F)(F)F)c2)o1. The van der Waals surface area contributed by atoms with E-state index < -0.39 is 59.3 Å². The summed E-state index contributed by atoms with van der Waals surface area (Å²) in [5.74, 6) is -1.38. The van der Waals surface area contributed by atoms with Crippen molar-refractivity contribution in [3.05, 3.63) is 94.2 Å². The Morgan fingerprint density at radius 3 is 2.05 bits per heavy atom. The van der Waals surface area contributed by atoms with E-state index in [0.29, 0.717) is 48.7 Å². The standard InChI is InChI=1S/C29H27F7N2O4/c1-18-4-9-25(42-18)16-37(14-19-5-7-23(30)8-6-19)26(39)17-38(15-24-3-2-10-41-24)27(40)20-11-21(28(31,32)33)13-22(12-20)29(34,35)36/h4-9,11-13,24H,2-3,10,14-17H2,1H3. The van der Waals surface area contributed by atoms with Crippen molar-refractivity contribution < 1.29 is 49.5 Å². The van der Waals surface area contributed by atoms with E-state index in [1.165, 1.54) is 29.2 Å². The molecule has 1 aliphatic heterocycles. The van der Waals surface area contributed by atoms with E-state index in [2.05, 4.69) is 0 Å². The van der Waals surface area contributed by atoms with Crippen LogP contribution >= 0.6 is 0 Å². The molecule has 0 bridgehead atoms. The van der Waals surface area contributed by atoms with Gasteiger partial charge < -0.3 is 19.0 Å². The van der Waals surface area contributed by atoms with Crippen molar-refractivity contribution in [2.24, 2.45) is 0 Å². The van der Waals surface area contributed by atoms with Crippen molar-refractivity contribution in [2.75, 3.05) is 19.7 Å². The van der Waals surface area contributed by atoms with E-state index in [4.69, 9.17) is 9.15 Å². The number of benzene rings is 2. The molecule has 6 nitrogen and oxygen atoms in total. The molecule has 2 aromatic carbocycles. The summed E-state index contributed by atoms with van der Waals surface area (Å²) in [6.07, 6.45) is -9.75. The number of ether oxygens (including phenoxy) is 1. The number of hydrogen-bond acceptors (Lipinski definition) is 4. The van der Waals surface area contributed by atoms with Gasteiger partial charge in [-0.2, -0.15) is 26.3 Å². The minimum Gasteiger partial charge on any atom is -0.464 e. The van der Waals surface area contributed by atoms with Crippen LogP contribution in [0.4, 0.5) is 30.7 Å². The van der Waals surface area contributed by atoms with Gasteiger partial charge in [0, 0.05) is 25.3 Å². The number of halogens is 7. The molecule has 0 spiro atoms. The van der Waals surface area contributed by atoms with Gasteiger partial charge in [-0.05, 0) is 67.8 Å². The second kappa shape index (κ2) is 12.6. The fraction of sp³-hybridized carbons (Fsp3) is 0.379. The Hall–Kier alpha value is -3.87. The van der Waals surface area contributed by atoms with E-state index in [-0.39, 0.29) is 25.7 Å². The van der Waals surface area contributed by atoms with Crippen LogP contribution in [0.25, 0.3) is 0 Å². The van der Waals surface area contributed by atoms with Crippen LogP contribution in [0.3, 0.4) is 0 Å². The van der Waals surface area contributed by atoms with Gasteiger partial charge in [0.05, 0.1) is 23.8 Å². The Morgan fingerprint density at radius 1 is 0.881 bits per heavy atom. The van der Waals surface area contributed by atoms with E-state index in [1.54, 1.807) is 19.1 Å². The quantitative estimate of drug-likeness (QED) is 0.259. The van der Waals surface area contributed by atoms with Crippen molar-refractivity contribution in [3.63, 3.8) is 0 Å². The summed E-state index contributed by atoms with van der Waals surface area (Å²) in [7, 11) is 0. The lowest BCUT2D eigenvalue weighted by Crippen LogP contribution is -2.45. The molecule has 3 aromatic rings. The average molecular weight is 601 g/mol. The molecule has 2 amide bonds. The van der Waals surface area contributed by atoms with Gasteiger partial charge in [0.15, 0.2) is 0 Å². The van der Waals surface area contributed by atoms with Crippen LogP contribution in [-0.2, 0) is 35.0 Å². The van der Waals surface area contributed by atoms with Crippen molar-refractivity contribution in [1.82, 2.24) is 9.80 Å². The molecule has 1 aliphatic rings.